The monoisotopic (exact) mass is 332 g/mol. The van der Waals surface area contributed by atoms with Crippen LogP contribution < -0.4 is 11.1 Å². The molecule has 3 N–H and O–H groups in total. The molecule has 6 nitrogen and oxygen atoms in total. The van der Waals surface area contributed by atoms with Crippen LogP contribution in [0.2, 0.25) is 0 Å². The van der Waals surface area contributed by atoms with Crippen molar-refractivity contribution in [2.45, 2.75) is 45.6 Å². The number of nitrogens with two attached hydrogens (primary N) is 1. The topological polar surface area (TPSA) is 80.0 Å². The number of aryl methyl sites for hydroxylation is 2. The fourth-order valence-electron chi connectivity index (χ4n) is 2.59. The van der Waals surface area contributed by atoms with Gasteiger partial charge < -0.3 is 20.7 Å². The Morgan fingerprint density at radius 3 is 2.75 bits per heavy atom. The lowest BCUT2D eigenvalue weighted by atomic mass is 10.1. The van der Waals surface area contributed by atoms with E-state index in [2.05, 4.69) is 22.4 Å². The highest BCUT2D eigenvalue weighted by Gasteiger charge is 2.19. The number of nitrogens with one attached hydrogen (secondary N) is 1. The van der Waals surface area contributed by atoms with E-state index in [4.69, 9.17) is 10.5 Å². The second kappa shape index (κ2) is 7.55. The number of carbonyl (C=O) groups excluding carboxylic acids is 1. The van der Waals surface area contributed by atoms with Crippen LogP contribution in [0.3, 0.4) is 0 Å². The SMILES string of the molecule is CN(CCN=C(N)Nc1ccc2c(c1)CCC2)C(=O)OC(C)(C)C. The standard InChI is InChI=1S/C18H28N4O2/c1-18(2,3)24-17(23)22(4)11-10-20-16(19)21-15-9-8-13-6-5-7-14(13)12-15/h8-9,12H,5-7,10-11H2,1-4H3,(H3,19,20,21). The highest BCUT2D eigenvalue weighted by molar-refractivity contribution is 5.92. The lowest BCUT2D eigenvalue weighted by molar-refractivity contribution is 0.0304. The summed E-state index contributed by atoms with van der Waals surface area (Å²) in [5.41, 5.74) is 9.19. The van der Waals surface area contributed by atoms with E-state index in [1.807, 2.05) is 26.8 Å². The molecule has 0 spiro atoms. The van der Waals surface area contributed by atoms with Gasteiger partial charge in [-0.15, -0.1) is 0 Å². The van der Waals surface area contributed by atoms with Crippen molar-refractivity contribution < 1.29 is 9.53 Å². The molecule has 1 aromatic carbocycles. The van der Waals surface area contributed by atoms with Gasteiger partial charge in [-0.25, -0.2) is 4.79 Å². The van der Waals surface area contributed by atoms with Gasteiger partial charge in [0.15, 0.2) is 5.96 Å². The average Bonchev–Trinajstić information content (AvgIpc) is 2.92. The summed E-state index contributed by atoms with van der Waals surface area (Å²) >= 11 is 0. The maximum atomic E-state index is 11.8. The Morgan fingerprint density at radius 1 is 1.33 bits per heavy atom. The van der Waals surface area contributed by atoms with Crippen LogP contribution in [0.15, 0.2) is 23.2 Å². The number of hydrogen-bond donors (Lipinski definition) is 2. The largest absolute Gasteiger partial charge is 0.444 e. The molecule has 1 amide bonds. The zero-order valence-electron chi connectivity index (χ0n) is 15.1. The molecule has 24 heavy (non-hydrogen) atoms. The van der Waals surface area contributed by atoms with E-state index in [0.29, 0.717) is 19.0 Å². The molecule has 1 aromatic rings. The molecule has 0 heterocycles. The highest BCUT2D eigenvalue weighted by atomic mass is 16.6. The number of hydrogen-bond acceptors (Lipinski definition) is 3. The lowest BCUT2D eigenvalue weighted by Gasteiger charge is -2.24. The first-order valence-corrected chi connectivity index (χ1v) is 8.37. The van der Waals surface area contributed by atoms with Crippen molar-refractivity contribution in [3.05, 3.63) is 29.3 Å². The predicted octanol–water partition coefficient (Wildman–Crippen LogP) is 2.77. The van der Waals surface area contributed by atoms with E-state index in [1.165, 1.54) is 22.4 Å². The van der Waals surface area contributed by atoms with Gasteiger partial charge in [0.25, 0.3) is 0 Å². The number of nitrogens with zero attached hydrogens (tertiary/aromatic N) is 2. The molecule has 1 aliphatic rings. The number of fused-ring (bicyclic) bond motifs is 1. The van der Waals surface area contributed by atoms with Crippen molar-refractivity contribution in [3.8, 4) is 0 Å². The Labute approximate surface area is 144 Å². The Bertz CT molecular complexity index is 620. The summed E-state index contributed by atoms with van der Waals surface area (Å²) in [5.74, 6) is 0.352. The van der Waals surface area contributed by atoms with E-state index >= 15 is 0 Å². The smallest absolute Gasteiger partial charge is 0.410 e. The number of aliphatic imine (C=N–C) groups is 1. The minimum atomic E-state index is -0.497. The fourth-order valence-corrected chi connectivity index (χ4v) is 2.59. The number of carbonyl (C=O) groups is 1. The molecule has 0 saturated carbocycles. The molecule has 0 saturated heterocycles. The summed E-state index contributed by atoms with van der Waals surface area (Å²) in [6, 6.07) is 6.31. The lowest BCUT2D eigenvalue weighted by Crippen LogP contribution is -2.36. The Hall–Kier alpha value is -2.24. The molecule has 6 heteroatoms. The number of guanidine groups is 1. The fraction of sp³-hybridized carbons (Fsp3) is 0.556. The third kappa shape index (κ3) is 5.44. The number of benzene rings is 1. The zero-order chi connectivity index (χ0) is 17.7. The van der Waals surface area contributed by atoms with E-state index in [0.717, 1.165) is 18.5 Å². The van der Waals surface area contributed by atoms with Crippen molar-refractivity contribution >= 4 is 17.7 Å². The second-order valence-corrected chi connectivity index (χ2v) is 7.13. The van der Waals surface area contributed by atoms with Crippen LogP contribution >= 0.6 is 0 Å². The van der Waals surface area contributed by atoms with Gasteiger partial charge in [-0.05, 0) is 63.3 Å². The molecule has 0 radical (unpaired) electrons. The molecule has 0 atom stereocenters. The van der Waals surface area contributed by atoms with Gasteiger partial charge in [0.1, 0.15) is 5.60 Å². The second-order valence-electron chi connectivity index (χ2n) is 7.13. The van der Waals surface area contributed by atoms with Crippen LogP contribution in [0.25, 0.3) is 0 Å². The third-order valence-electron chi connectivity index (χ3n) is 3.79. The third-order valence-corrected chi connectivity index (χ3v) is 3.79. The molecule has 2 rings (SSSR count). The van der Waals surface area contributed by atoms with Crippen LogP contribution in [0, 0.1) is 0 Å². The first-order chi connectivity index (χ1) is 11.2. The van der Waals surface area contributed by atoms with Gasteiger partial charge in [0.05, 0.1) is 6.54 Å². The van der Waals surface area contributed by atoms with Gasteiger partial charge in [0.2, 0.25) is 0 Å². The molecule has 0 aliphatic heterocycles. The number of likely N-dealkylation sites (N-methyl/N-ethyl adjacent to an activating group) is 1. The highest BCUT2D eigenvalue weighted by Crippen LogP contribution is 2.24. The maximum Gasteiger partial charge on any atom is 0.410 e. The minimum Gasteiger partial charge on any atom is -0.444 e. The van der Waals surface area contributed by atoms with Crippen LogP contribution in [0.1, 0.15) is 38.3 Å². The summed E-state index contributed by atoms with van der Waals surface area (Å²) in [6.45, 7) is 6.39. The molecule has 0 fully saturated rings. The summed E-state index contributed by atoms with van der Waals surface area (Å²) < 4.78 is 5.29. The number of amides is 1. The molecular formula is C18H28N4O2. The summed E-state index contributed by atoms with van der Waals surface area (Å²) in [7, 11) is 1.69. The van der Waals surface area contributed by atoms with Crippen LogP contribution in [-0.2, 0) is 17.6 Å². The van der Waals surface area contributed by atoms with Crippen molar-refractivity contribution in [2.75, 3.05) is 25.5 Å². The van der Waals surface area contributed by atoms with Crippen LogP contribution in [0.4, 0.5) is 10.5 Å². The van der Waals surface area contributed by atoms with Gasteiger partial charge in [0, 0.05) is 19.3 Å². The zero-order valence-corrected chi connectivity index (χ0v) is 15.1. The molecule has 0 bridgehead atoms. The summed E-state index contributed by atoms with van der Waals surface area (Å²) in [6.07, 6.45) is 3.15. The van der Waals surface area contributed by atoms with Crippen LogP contribution in [-0.4, -0.2) is 42.7 Å². The Balaban J connectivity index is 1.80. The van der Waals surface area contributed by atoms with Gasteiger partial charge in [-0.3, -0.25) is 4.99 Å². The van der Waals surface area contributed by atoms with E-state index in [9.17, 15) is 4.79 Å². The molecule has 0 aromatic heterocycles. The van der Waals surface area contributed by atoms with Gasteiger partial charge in [-0.2, -0.15) is 0 Å². The number of anilines is 1. The average molecular weight is 332 g/mol. The summed E-state index contributed by atoms with van der Waals surface area (Å²) in [5, 5.41) is 3.11. The van der Waals surface area contributed by atoms with Crippen molar-refractivity contribution in [1.29, 1.82) is 0 Å². The van der Waals surface area contributed by atoms with E-state index in [1.54, 1.807) is 7.05 Å². The predicted molar refractivity (Wildman–Crippen MR) is 97.4 cm³/mol. The summed E-state index contributed by atoms with van der Waals surface area (Å²) in [4.78, 5) is 17.6. The normalized spacial score (nSPS) is 14.2. The van der Waals surface area contributed by atoms with Gasteiger partial charge >= 0.3 is 6.09 Å². The first-order valence-electron chi connectivity index (χ1n) is 8.37. The Kier molecular flexibility index (Phi) is 5.70. The first kappa shape index (κ1) is 18.1. The molecule has 1 aliphatic carbocycles. The van der Waals surface area contributed by atoms with Gasteiger partial charge in [-0.1, -0.05) is 6.07 Å². The van der Waals surface area contributed by atoms with Crippen LogP contribution in [0.5, 0.6) is 0 Å². The minimum absolute atomic E-state index is 0.352. The number of rotatable bonds is 4. The maximum absolute atomic E-state index is 11.8. The van der Waals surface area contributed by atoms with E-state index in [-0.39, 0.29) is 6.09 Å². The molecule has 0 unspecified atom stereocenters. The molecular weight excluding hydrogens is 304 g/mol. The number of ether oxygens (including phenoxy) is 1. The Morgan fingerprint density at radius 2 is 2.04 bits per heavy atom. The molecule has 132 valence electrons. The van der Waals surface area contributed by atoms with Crippen molar-refractivity contribution in [1.82, 2.24) is 4.90 Å². The van der Waals surface area contributed by atoms with Crippen molar-refractivity contribution in [3.63, 3.8) is 0 Å². The van der Waals surface area contributed by atoms with E-state index < -0.39 is 5.60 Å². The quantitative estimate of drug-likeness (QED) is 0.656. The van der Waals surface area contributed by atoms with Crippen molar-refractivity contribution in [2.24, 2.45) is 10.7 Å².